The lowest BCUT2D eigenvalue weighted by atomic mass is 10.0. The largest absolute Gasteiger partial charge is 0.465 e. The van der Waals surface area contributed by atoms with Crippen molar-refractivity contribution in [1.82, 2.24) is 10.2 Å². The number of cyclic esters (lactones) is 1. The molecule has 1 aromatic carbocycles. The number of anilines is 1. The van der Waals surface area contributed by atoms with Crippen molar-refractivity contribution in [1.29, 1.82) is 0 Å². The van der Waals surface area contributed by atoms with Crippen molar-refractivity contribution < 1.29 is 19.1 Å². The molecule has 0 saturated carbocycles. The van der Waals surface area contributed by atoms with Crippen LogP contribution in [0.2, 0.25) is 0 Å². The molecular formula is C17H19N3O4. The zero-order valence-electron chi connectivity index (χ0n) is 13.4. The van der Waals surface area contributed by atoms with Crippen LogP contribution < -0.4 is 10.2 Å². The highest BCUT2D eigenvalue weighted by Crippen LogP contribution is 2.32. The SMILES string of the molecule is Cc1ccc(C(=O)N2C[C@@H]3COC(=O)[C@@H]3C2)cc1N1CCNC1=O. The first-order valence-electron chi connectivity index (χ1n) is 8.16. The molecule has 0 aromatic heterocycles. The number of hydrogen-bond acceptors (Lipinski definition) is 4. The quantitative estimate of drug-likeness (QED) is 0.813. The van der Waals surface area contributed by atoms with Crippen LogP contribution in [0.25, 0.3) is 0 Å². The Kier molecular flexibility index (Phi) is 3.44. The zero-order chi connectivity index (χ0) is 16.8. The number of hydrogen-bond donors (Lipinski definition) is 1. The molecule has 3 heterocycles. The molecule has 0 unspecified atom stereocenters. The Labute approximate surface area is 139 Å². The lowest BCUT2D eigenvalue weighted by molar-refractivity contribution is -0.141. The summed E-state index contributed by atoms with van der Waals surface area (Å²) < 4.78 is 5.04. The van der Waals surface area contributed by atoms with Gasteiger partial charge in [0.2, 0.25) is 0 Å². The number of ether oxygens (including phenoxy) is 1. The highest BCUT2D eigenvalue weighted by Gasteiger charge is 2.45. The summed E-state index contributed by atoms with van der Waals surface area (Å²) in [6.07, 6.45) is 0. The number of amides is 3. The number of rotatable bonds is 2. The summed E-state index contributed by atoms with van der Waals surface area (Å²) in [6, 6.07) is 5.27. The normalized spacial score (nSPS) is 25.7. The highest BCUT2D eigenvalue weighted by molar-refractivity contribution is 5.99. The molecule has 4 rings (SSSR count). The Morgan fingerprint density at radius 1 is 1.29 bits per heavy atom. The summed E-state index contributed by atoms with van der Waals surface area (Å²) >= 11 is 0. The minimum atomic E-state index is -0.200. The van der Waals surface area contributed by atoms with Crippen LogP contribution >= 0.6 is 0 Å². The van der Waals surface area contributed by atoms with Crippen LogP contribution in [0.4, 0.5) is 10.5 Å². The van der Waals surface area contributed by atoms with Crippen LogP contribution in [-0.2, 0) is 9.53 Å². The third kappa shape index (κ3) is 2.31. The lowest BCUT2D eigenvalue weighted by Gasteiger charge is -2.21. The van der Waals surface area contributed by atoms with Gasteiger partial charge in [-0.15, -0.1) is 0 Å². The molecule has 3 fully saturated rings. The summed E-state index contributed by atoms with van der Waals surface area (Å²) in [5.74, 6) is -0.384. The van der Waals surface area contributed by atoms with Gasteiger partial charge in [-0.3, -0.25) is 14.5 Å². The summed E-state index contributed by atoms with van der Waals surface area (Å²) in [4.78, 5) is 39.7. The van der Waals surface area contributed by atoms with Crippen molar-refractivity contribution in [2.45, 2.75) is 6.92 Å². The maximum Gasteiger partial charge on any atom is 0.322 e. The molecule has 0 aliphatic carbocycles. The van der Waals surface area contributed by atoms with Crippen molar-refractivity contribution in [3.05, 3.63) is 29.3 Å². The van der Waals surface area contributed by atoms with Gasteiger partial charge in [0.15, 0.2) is 0 Å². The van der Waals surface area contributed by atoms with E-state index in [4.69, 9.17) is 4.74 Å². The Bertz CT molecular complexity index is 733. The first kappa shape index (κ1) is 15.0. The van der Waals surface area contributed by atoms with Crippen LogP contribution in [0.5, 0.6) is 0 Å². The number of nitrogens with zero attached hydrogens (tertiary/aromatic N) is 2. The summed E-state index contributed by atoms with van der Waals surface area (Å²) in [7, 11) is 0. The molecule has 7 heteroatoms. The van der Waals surface area contributed by atoms with E-state index in [1.165, 1.54) is 0 Å². The fraction of sp³-hybridized carbons (Fsp3) is 0.471. The number of aryl methyl sites for hydroxylation is 1. The van der Waals surface area contributed by atoms with E-state index in [1.54, 1.807) is 21.9 Å². The highest BCUT2D eigenvalue weighted by atomic mass is 16.5. The molecule has 0 spiro atoms. The molecule has 3 aliphatic heterocycles. The van der Waals surface area contributed by atoms with Gasteiger partial charge in [0.05, 0.1) is 12.5 Å². The van der Waals surface area contributed by atoms with Gasteiger partial charge in [0, 0.05) is 43.3 Å². The smallest absolute Gasteiger partial charge is 0.322 e. The third-order valence-electron chi connectivity index (χ3n) is 5.07. The first-order valence-corrected chi connectivity index (χ1v) is 8.16. The van der Waals surface area contributed by atoms with E-state index in [-0.39, 0.29) is 29.7 Å². The fourth-order valence-corrected chi connectivity index (χ4v) is 3.69. The van der Waals surface area contributed by atoms with E-state index < -0.39 is 0 Å². The number of urea groups is 1. The van der Waals surface area contributed by atoms with Crippen LogP contribution in [0, 0.1) is 18.8 Å². The summed E-state index contributed by atoms with van der Waals surface area (Å²) in [5.41, 5.74) is 2.25. The predicted molar refractivity (Wildman–Crippen MR) is 85.8 cm³/mol. The van der Waals surface area contributed by atoms with E-state index in [1.807, 2.05) is 13.0 Å². The Balaban J connectivity index is 1.57. The Morgan fingerprint density at radius 2 is 2.12 bits per heavy atom. The standard InChI is InChI=1S/C17H19N3O4/c1-10-2-3-11(6-14(10)20-5-4-18-17(20)23)15(21)19-7-12-9-24-16(22)13(12)8-19/h2-3,6,12-13H,4-5,7-9H2,1H3,(H,18,23)/t12-,13-/m1/s1. The van der Waals surface area contributed by atoms with Gasteiger partial charge in [0.1, 0.15) is 0 Å². The molecule has 0 bridgehead atoms. The third-order valence-corrected chi connectivity index (χ3v) is 5.07. The number of benzene rings is 1. The molecule has 3 aliphatic rings. The van der Waals surface area contributed by atoms with Crippen LogP contribution in [0.1, 0.15) is 15.9 Å². The average molecular weight is 329 g/mol. The molecule has 3 saturated heterocycles. The number of carbonyl (C=O) groups excluding carboxylic acids is 3. The van der Waals surface area contributed by atoms with Crippen LogP contribution in [-0.4, -0.2) is 55.6 Å². The number of fused-ring (bicyclic) bond motifs is 1. The monoisotopic (exact) mass is 329 g/mol. The number of likely N-dealkylation sites (tertiary alicyclic amines) is 1. The molecular weight excluding hydrogens is 310 g/mol. The minimum absolute atomic E-state index is 0.0990. The van der Waals surface area contributed by atoms with Gasteiger partial charge in [-0.1, -0.05) is 6.07 Å². The molecule has 7 nitrogen and oxygen atoms in total. The van der Waals surface area contributed by atoms with Gasteiger partial charge in [0.25, 0.3) is 5.91 Å². The van der Waals surface area contributed by atoms with Gasteiger partial charge in [-0.25, -0.2) is 4.79 Å². The number of carbonyl (C=O) groups is 3. The molecule has 2 atom stereocenters. The lowest BCUT2D eigenvalue weighted by Crippen LogP contribution is -2.32. The Hall–Kier alpha value is -2.57. The maximum atomic E-state index is 12.8. The molecule has 3 amide bonds. The average Bonchev–Trinajstić information content (AvgIpc) is 3.25. The molecule has 0 radical (unpaired) electrons. The summed E-state index contributed by atoms with van der Waals surface area (Å²) in [6.45, 7) is 4.48. The zero-order valence-corrected chi connectivity index (χ0v) is 13.4. The predicted octanol–water partition coefficient (Wildman–Crippen LogP) is 0.770. The molecule has 126 valence electrons. The second kappa shape index (κ2) is 5.51. The van der Waals surface area contributed by atoms with Gasteiger partial charge in [-0.2, -0.15) is 0 Å². The molecule has 1 N–H and O–H groups in total. The number of esters is 1. The van der Waals surface area contributed by atoms with Crippen molar-refractivity contribution in [3.63, 3.8) is 0 Å². The second-order valence-corrected chi connectivity index (χ2v) is 6.59. The van der Waals surface area contributed by atoms with Gasteiger partial charge >= 0.3 is 12.0 Å². The molecule has 24 heavy (non-hydrogen) atoms. The van der Waals surface area contributed by atoms with E-state index in [0.29, 0.717) is 38.3 Å². The minimum Gasteiger partial charge on any atom is -0.465 e. The van der Waals surface area contributed by atoms with Crippen molar-refractivity contribution in [2.24, 2.45) is 11.8 Å². The van der Waals surface area contributed by atoms with E-state index in [0.717, 1.165) is 11.3 Å². The van der Waals surface area contributed by atoms with Crippen LogP contribution in [0.15, 0.2) is 18.2 Å². The van der Waals surface area contributed by atoms with Gasteiger partial charge in [-0.05, 0) is 24.6 Å². The van der Waals surface area contributed by atoms with E-state index >= 15 is 0 Å². The van der Waals surface area contributed by atoms with Crippen molar-refractivity contribution in [2.75, 3.05) is 37.7 Å². The second-order valence-electron chi connectivity index (χ2n) is 6.59. The van der Waals surface area contributed by atoms with E-state index in [9.17, 15) is 14.4 Å². The maximum absolute atomic E-state index is 12.8. The topological polar surface area (TPSA) is 79.0 Å². The number of nitrogens with one attached hydrogen (secondary N) is 1. The van der Waals surface area contributed by atoms with Crippen molar-refractivity contribution in [3.8, 4) is 0 Å². The summed E-state index contributed by atoms with van der Waals surface area (Å²) in [5, 5.41) is 2.77. The van der Waals surface area contributed by atoms with Gasteiger partial charge < -0.3 is 15.0 Å². The fourth-order valence-electron chi connectivity index (χ4n) is 3.69. The van der Waals surface area contributed by atoms with Crippen molar-refractivity contribution >= 4 is 23.6 Å². The first-order chi connectivity index (χ1) is 11.5. The van der Waals surface area contributed by atoms with E-state index in [2.05, 4.69) is 5.32 Å². The van der Waals surface area contributed by atoms with Crippen LogP contribution in [0.3, 0.4) is 0 Å². The Morgan fingerprint density at radius 3 is 2.83 bits per heavy atom. The molecule has 1 aromatic rings.